The molecular formula is C21H19ClN4O2. The molecule has 3 rings (SSSR count). The summed E-state index contributed by atoms with van der Waals surface area (Å²) in [5.74, 6) is 1.17. The fourth-order valence-electron chi connectivity index (χ4n) is 2.49. The van der Waals surface area contributed by atoms with Crippen molar-refractivity contribution in [2.24, 2.45) is 0 Å². The average molecular weight is 395 g/mol. The number of nitrogens with zero attached hydrogens (tertiary/aromatic N) is 2. The quantitative estimate of drug-likeness (QED) is 0.578. The van der Waals surface area contributed by atoms with Crippen LogP contribution in [0.2, 0.25) is 5.02 Å². The van der Waals surface area contributed by atoms with Crippen molar-refractivity contribution in [1.82, 2.24) is 15.3 Å². The van der Waals surface area contributed by atoms with Gasteiger partial charge in [-0.2, -0.15) is 0 Å². The molecule has 7 heteroatoms. The highest BCUT2D eigenvalue weighted by Gasteiger charge is 2.13. The highest BCUT2D eigenvalue weighted by atomic mass is 35.5. The molecule has 0 saturated heterocycles. The van der Waals surface area contributed by atoms with E-state index in [1.807, 2.05) is 36.4 Å². The minimum Gasteiger partial charge on any atom is -0.495 e. The molecule has 0 aliphatic carbocycles. The van der Waals surface area contributed by atoms with Gasteiger partial charge in [-0.15, -0.1) is 6.58 Å². The summed E-state index contributed by atoms with van der Waals surface area (Å²) in [5, 5.41) is 6.36. The molecule has 0 fully saturated rings. The van der Waals surface area contributed by atoms with Gasteiger partial charge in [-0.3, -0.25) is 4.79 Å². The summed E-state index contributed by atoms with van der Waals surface area (Å²) in [6.45, 7) is 3.95. The Bertz CT molecular complexity index is 993. The molecule has 0 spiro atoms. The van der Waals surface area contributed by atoms with Crippen molar-refractivity contribution in [3.05, 3.63) is 78.0 Å². The highest BCUT2D eigenvalue weighted by molar-refractivity contribution is 6.32. The van der Waals surface area contributed by atoms with Gasteiger partial charge in [0.15, 0.2) is 5.82 Å². The van der Waals surface area contributed by atoms with Crippen molar-refractivity contribution in [1.29, 1.82) is 0 Å². The Morgan fingerprint density at radius 2 is 1.96 bits per heavy atom. The molecule has 0 aliphatic heterocycles. The number of rotatable bonds is 7. The maximum absolute atomic E-state index is 12.4. The summed E-state index contributed by atoms with van der Waals surface area (Å²) < 4.78 is 5.17. The van der Waals surface area contributed by atoms with Crippen LogP contribution in [0, 0.1) is 0 Å². The molecule has 2 aromatic carbocycles. The van der Waals surface area contributed by atoms with Crippen LogP contribution in [0.4, 0.5) is 11.5 Å². The molecule has 1 heterocycles. The number of methoxy groups -OCH3 is 1. The molecular weight excluding hydrogens is 376 g/mol. The Kier molecular flexibility index (Phi) is 6.24. The number of anilines is 2. The maximum Gasteiger partial charge on any atom is 0.270 e. The Labute approximate surface area is 168 Å². The Balaban J connectivity index is 1.98. The Morgan fingerprint density at radius 1 is 1.18 bits per heavy atom. The lowest BCUT2D eigenvalue weighted by atomic mass is 10.2. The van der Waals surface area contributed by atoms with Gasteiger partial charge < -0.3 is 15.4 Å². The fraction of sp³-hybridized carbons (Fsp3) is 0.0952. The molecule has 0 unspecified atom stereocenters. The lowest BCUT2D eigenvalue weighted by molar-refractivity contribution is 0.0953. The van der Waals surface area contributed by atoms with Crippen molar-refractivity contribution in [2.75, 3.05) is 19.0 Å². The molecule has 2 N–H and O–H groups in total. The van der Waals surface area contributed by atoms with Crippen LogP contribution < -0.4 is 15.4 Å². The summed E-state index contributed by atoms with van der Waals surface area (Å²) >= 11 is 6.19. The summed E-state index contributed by atoms with van der Waals surface area (Å²) in [7, 11) is 1.55. The zero-order chi connectivity index (χ0) is 19.9. The number of hydrogen-bond donors (Lipinski definition) is 2. The van der Waals surface area contributed by atoms with Crippen molar-refractivity contribution in [3.8, 4) is 17.1 Å². The van der Waals surface area contributed by atoms with E-state index in [4.69, 9.17) is 16.3 Å². The second-order valence-corrected chi connectivity index (χ2v) is 6.21. The van der Waals surface area contributed by atoms with E-state index >= 15 is 0 Å². The lowest BCUT2D eigenvalue weighted by Crippen LogP contribution is -2.24. The Hall–Kier alpha value is -3.38. The van der Waals surface area contributed by atoms with E-state index in [2.05, 4.69) is 27.2 Å². The largest absolute Gasteiger partial charge is 0.495 e. The van der Waals surface area contributed by atoms with E-state index in [1.165, 1.54) is 0 Å². The number of ether oxygens (including phenoxy) is 1. The van der Waals surface area contributed by atoms with E-state index in [9.17, 15) is 4.79 Å². The van der Waals surface area contributed by atoms with Gasteiger partial charge in [0, 0.05) is 23.9 Å². The van der Waals surface area contributed by atoms with Gasteiger partial charge in [-0.05, 0) is 18.2 Å². The van der Waals surface area contributed by atoms with Crippen LogP contribution in [0.25, 0.3) is 11.4 Å². The van der Waals surface area contributed by atoms with E-state index in [-0.39, 0.29) is 11.6 Å². The standard InChI is InChI=1S/C21H19ClN4O2/c1-3-11-23-21(27)17-13-19(24-15-9-10-18(28-2)16(22)12-15)26-20(25-17)14-7-5-4-6-8-14/h3-10,12-13H,1,11H2,2H3,(H,23,27)(H,24,25,26). The van der Waals surface area contributed by atoms with Crippen LogP contribution in [0.5, 0.6) is 5.75 Å². The van der Waals surface area contributed by atoms with Gasteiger partial charge in [0.05, 0.1) is 12.1 Å². The summed E-state index contributed by atoms with van der Waals surface area (Å²) in [4.78, 5) is 21.4. The van der Waals surface area contributed by atoms with E-state index < -0.39 is 0 Å². The van der Waals surface area contributed by atoms with Gasteiger partial charge in [-0.1, -0.05) is 48.0 Å². The maximum atomic E-state index is 12.4. The van der Waals surface area contributed by atoms with Gasteiger partial charge in [0.25, 0.3) is 5.91 Å². The van der Waals surface area contributed by atoms with E-state index in [0.717, 1.165) is 5.56 Å². The first kappa shape index (κ1) is 19.4. The predicted molar refractivity (Wildman–Crippen MR) is 111 cm³/mol. The molecule has 3 aromatic rings. The second-order valence-electron chi connectivity index (χ2n) is 5.80. The summed E-state index contributed by atoms with van der Waals surface area (Å²) in [6, 6.07) is 16.3. The normalized spacial score (nSPS) is 10.2. The third-order valence-corrected chi connectivity index (χ3v) is 4.12. The molecule has 0 saturated carbocycles. The van der Waals surface area contributed by atoms with Gasteiger partial charge in [0.1, 0.15) is 17.3 Å². The molecule has 0 bridgehead atoms. The van der Waals surface area contributed by atoms with Crippen LogP contribution in [-0.4, -0.2) is 29.5 Å². The number of hydrogen-bond acceptors (Lipinski definition) is 5. The first-order chi connectivity index (χ1) is 13.6. The minimum atomic E-state index is -0.310. The van der Waals surface area contributed by atoms with Crippen LogP contribution >= 0.6 is 11.6 Å². The van der Waals surface area contributed by atoms with Crippen molar-refractivity contribution >= 4 is 29.0 Å². The molecule has 0 aliphatic rings. The molecule has 0 atom stereocenters. The molecule has 142 valence electrons. The van der Waals surface area contributed by atoms with Crippen molar-refractivity contribution in [2.45, 2.75) is 0 Å². The number of halogens is 1. The molecule has 0 radical (unpaired) electrons. The number of nitrogens with one attached hydrogen (secondary N) is 2. The summed E-state index contributed by atoms with van der Waals surface area (Å²) in [5.41, 5.74) is 1.76. The molecule has 28 heavy (non-hydrogen) atoms. The molecule has 1 aromatic heterocycles. The first-order valence-corrected chi connectivity index (χ1v) is 8.92. The lowest BCUT2D eigenvalue weighted by Gasteiger charge is -2.11. The third-order valence-electron chi connectivity index (χ3n) is 3.82. The van der Waals surface area contributed by atoms with Crippen molar-refractivity contribution in [3.63, 3.8) is 0 Å². The monoisotopic (exact) mass is 394 g/mol. The van der Waals surface area contributed by atoms with Gasteiger partial charge >= 0.3 is 0 Å². The number of carbonyl (C=O) groups is 1. The smallest absolute Gasteiger partial charge is 0.270 e. The number of carbonyl (C=O) groups excluding carboxylic acids is 1. The topological polar surface area (TPSA) is 76.1 Å². The fourth-order valence-corrected chi connectivity index (χ4v) is 2.75. The highest BCUT2D eigenvalue weighted by Crippen LogP contribution is 2.29. The number of amides is 1. The van der Waals surface area contributed by atoms with Crippen LogP contribution in [0.1, 0.15) is 10.5 Å². The number of aromatic nitrogens is 2. The van der Waals surface area contributed by atoms with E-state index in [1.54, 1.807) is 31.4 Å². The Morgan fingerprint density at radius 3 is 2.64 bits per heavy atom. The number of benzene rings is 2. The average Bonchev–Trinajstić information content (AvgIpc) is 2.72. The molecule has 6 nitrogen and oxygen atoms in total. The molecule has 1 amide bonds. The SMILES string of the molecule is C=CCNC(=O)c1cc(Nc2ccc(OC)c(Cl)c2)nc(-c2ccccc2)n1. The minimum absolute atomic E-state index is 0.248. The zero-order valence-electron chi connectivity index (χ0n) is 15.3. The predicted octanol–water partition coefficient (Wildman–Crippen LogP) is 4.47. The van der Waals surface area contributed by atoms with Gasteiger partial charge in [-0.25, -0.2) is 9.97 Å². The first-order valence-electron chi connectivity index (χ1n) is 8.55. The third kappa shape index (κ3) is 4.66. The zero-order valence-corrected chi connectivity index (χ0v) is 16.0. The van der Waals surface area contributed by atoms with Gasteiger partial charge in [0.2, 0.25) is 0 Å². The van der Waals surface area contributed by atoms with Crippen molar-refractivity contribution < 1.29 is 9.53 Å². The summed E-state index contributed by atoms with van der Waals surface area (Å²) in [6.07, 6.45) is 1.61. The van der Waals surface area contributed by atoms with E-state index in [0.29, 0.717) is 34.6 Å². The van der Waals surface area contributed by atoms with Crippen LogP contribution in [0.15, 0.2) is 67.3 Å². The second kappa shape index (κ2) is 9.01. The van der Waals surface area contributed by atoms with Crippen LogP contribution in [-0.2, 0) is 0 Å². The van der Waals surface area contributed by atoms with Crippen LogP contribution in [0.3, 0.4) is 0 Å².